The molecule has 2 unspecified atom stereocenters. The molecule has 0 spiro atoms. The quantitative estimate of drug-likeness (QED) is 0.693. The van der Waals surface area contributed by atoms with Gasteiger partial charge in [-0.25, -0.2) is 0 Å². The molecule has 0 aromatic rings. The molecule has 1 rings (SSSR count). The summed E-state index contributed by atoms with van der Waals surface area (Å²) in [5.41, 5.74) is 0. The number of hydrogen-bond donors (Lipinski definition) is 2. The fourth-order valence-corrected chi connectivity index (χ4v) is 3.85. The van der Waals surface area contributed by atoms with Gasteiger partial charge in [-0.2, -0.15) is 17.4 Å². The zero-order valence-corrected chi connectivity index (χ0v) is 11.9. The molecule has 0 bridgehead atoms. The second kappa shape index (κ2) is 7.40. The number of methoxy groups -OCH3 is 1. The summed E-state index contributed by atoms with van der Waals surface area (Å²) in [7, 11) is -1.96. The molecule has 108 valence electrons. The van der Waals surface area contributed by atoms with Crippen LogP contribution in [-0.4, -0.2) is 56.8 Å². The van der Waals surface area contributed by atoms with Crippen LogP contribution in [-0.2, 0) is 14.9 Å². The van der Waals surface area contributed by atoms with Crippen LogP contribution in [0.5, 0.6) is 0 Å². The van der Waals surface area contributed by atoms with Crippen molar-refractivity contribution >= 4 is 10.2 Å². The summed E-state index contributed by atoms with van der Waals surface area (Å²) in [5.74, 6) is 0. The van der Waals surface area contributed by atoms with Crippen LogP contribution in [0.2, 0.25) is 0 Å². The van der Waals surface area contributed by atoms with Gasteiger partial charge in [0.1, 0.15) is 0 Å². The predicted octanol–water partition coefficient (Wildman–Crippen LogP) is 0.0926. The fraction of sp³-hybridized carbons (Fsp3) is 1.00. The molecule has 1 aliphatic rings. The van der Waals surface area contributed by atoms with Crippen LogP contribution >= 0.6 is 0 Å². The molecule has 0 aliphatic carbocycles. The molecule has 0 aromatic heterocycles. The molecule has 7 heteroatoms. The molecule has 18 heavy (non-hydrogen) atoms. The summed E-state index contributed by atoms with van der Waals surface area (Å²) in [5, 5.41) is 9.18. The highest BCUT2D eigenvalue weighted by Crippen LogP contribution is 2.19. The van der Waals surface area contributed by atoms with Crippen LogP contribution < -0.4 is 4.72 Å². The van der Waals surface area contributed by atoms with Crippen LogP contribution in [0.1, 0.15) is 32.6 Å². The van der Waals surface area contributed by atoms with Crippen molar-refractivity contribution in [3.63, 3.8) is 0 Å². The van der Waals surface area contributed by atoms with E-state index in [1.807, 2.05) is 6.92 Å². The highest BCUT2D eigenvalue weighted by Gasteiger charge is 2.30. The van der Waals surface area contributed by atoms with Gasteiger partial charge in [0.05, 0.1) is 6.61 Å². The summed E-state index contributed by atoms with van der Waals surface area (Å²) in [6, 6.07) is -0.456. The van der Waals surface area contributed by atoms with Crippen molar-refractivity contribution in [3.05, 3.63) is 0 Å². The zero-order valence-electron chi connectivity index (χ0n) is 11.1. The smallest absolute Gasteiger partial charge is 0.280 e. The topological polar surface area (TPSA) is 78.9 Å². The minimum atomic E-state index is -3.51. The van der Waals surface area contributed by atoms with Gasteiger partial charge in [-0.3, -0.25) is 0 Å². The van der Waals surface area contributed by atoms with Crippen molar-refractivity contribution in [1.82, 2.24) is 9.03 Å². The number of nitrogens with one attached hydrogen (secondary N) is 1. The molecule has 1 heterocycles. The van der Waals surface area contributed by atoms with Crippen molar-refractivity contribution in [2.75, 3.05) is 26.9 Å². The molecule has 0 saturated carbocycles. The average molecular weight is 280 g/mol. The van der Waals surface area contributed by atoms with Gasteiger partial charge in [0.15, 0.2) is 0 Å². The molecular formula is C11H24N2O4S. The van der Waals surface area contributed by atoms with Gasteiger partial charge in [-0.05, 0) is 26.2 Å². The monoisotopic (exact) mass is 280 g/mol. The summed E-state index contributed by atoms with van der Waals surface area (Å²) in [6.45, 7) is 2.68. The maximum Gasteiger partial charge on any atom is 0.280 e. The number of hydrogen-bond acceptors (Lipinski definition) is 4. The first-order valence-electron chi connectivity index (χ1n) is 6.40. The van der Waals surface area contributed by atoms with Crippen LogP contribution in [0.25, 0.3) is 0 Å². The van der Waals surface area contributed by atoms with E-state index in [9.17, 15) is 13.5 Å². The van der Waals surface area contributed by atoms with Crippen molar-refractivity contribution < 1.29 is 18.3 Å². The maximum absolute atomic E-state index is 12.2. The lowest BCUT2D eigenvalue weighted by Crippen LogP contribution is -2.51. The molecule has 0 aromatic carbocycles. The van der Waals surface area contributed by atoms with E-state index in [0.29, 0.717) is 19.6 Å². The fourth-order valence-electron chi connectivity index (χ4n) is 2.15. The van der Waals surface area contributed by atoms with Crippen LogP contribution in [0, 0.1) is 0 Å². The van der Waals surface area contributed by atoms with Gasteiger partial charge in [0.2, 0.25) is 0 Å². The van der Waals surface area contributed by atoms with Gasteiger partial charge in [-0.15, -0.1) is 0 Å². The number of piperidine rings is 1. The Morgan fingerprint density at radius 1 is 1.50 bits per heavy atom. The number of rotatable bonds is 7. The van der Waals surface area contributed by atoms with E-state index in [4.69, 9.17) is 4.74 Å². The standard InChI is InChI=1S/C11H24N2O4S/c1-10-5-3-4-7-13(10)18(15,16)12-11(9-14)6-8-17-2/h10-12,14H,3-9H2,1-2H3. The highest BCUT2D eigenvalue weighted by molar-refractivity contribution is 7.87. The molecule has 1 fully saturated rings. The Bertz CT molecular complexity index is 334. The maximum atomic E-state index is 12.2. The largest absolute Gasteiger partial charge is 0.395 e. The summed E-state index contributed by atoms with van der Waals surface area (Å²) in [4.78, 5) is 0. The molecule has 1 saturated heterocycles. The van der Waals surface area contributed by atoms with Crippen molar-refractivity contribution in [2.45, 2.75) is 44.7 Å². The normalized spacial score (nSPS) is 24.1. The number of aliphatic hydroxyl groups is 1. The number of nitrogens with zero attached hydrogens (tertiary/aromatic N) is 1. The lowest BCUT2D eigenvalue weighted by molar-refractivity contribution is 0.165. The van der Waals surface area contributed by atoms with E-state index in [-0.39, 0.29) is 12.6 Å². The molecule has 1 aliphatic heterocycles. The van der Waals surface area contributed by atoms with Gasteiger partial charge >= 0.3 is 0 Å². The molecule has 0 amide bonds. The molecule has 0 radical (unpaired) electrons. The van der Waals surface area contributed by atoms with Crippen molar-refractivity contribution in [1.29, 1.82) is 0 Å². The minimum absolute atomic E-state index is 0.0259. The molecule has 6 nitrogen and oxygen atoms in total. The Balaban J connectivity index is 2.61. The molecular weight excluding hydrogens is 256 g/mol. The number of aliphatic hydroxyl groups excluding tert-OH is 1. The van der Waals surface area contributed by atoms with E-state index >= 15 is 0 Å². The Kier molecular flexibility index (Phi) is 6.51. The predicted molar refractivity (Wildman–Crippen MR) is 69.4 cm³/mol. The second-order valence-corrected chi connectivity index (χ2v) is 6.39. The van der Waals surface area contributed by atoms with Crippen molar-refractivity contribution in [3.8, 4) is 0 Å². The first kappa shape index (κ1) is 15.8. The van der Waals surface area contributed by atoms with E-state index in [0.717, 1.165) is 19.3 Å². The van der Waals surface area contributed by atoms with E-state index in [1.165, 1.54) is 4.31 Å². The molecule has 2 atom stereocenters. The van der Waals surface area contributed by atoms with Gasteiger partial charge in [-0.1, -0.05) is 6.42 Å². The Morgan fingerprint density at radius 2 is 2.22 bits per heavy atom. The summed E-state index contributed by atoms with van der Waals surface area (Å²) >= 11 is 0. The lowest BCUT2D eigenvalue weighted by Gasteiger charge is -2.33. The highest BCUT2D eigenvalue weighted by atomic mass is 32.2. The average Bonchev–Trinajstić information content (AvgIpc) is 2.34. The Labute approximate surface area is 109 Å². The van der Waals surface area contributed by atoms with E-state index in [1.54, 1.807) is 7.11 Å². The van der Waals surface area contributed by atoms with Crippen molar-refractivity contribution in [2.24, 2.45) is 0 Å². The van der Waals surface area contributed by atoms with E-state index in [2.05, 4.69) is 4.72 Å². The van der Waals surface area contributed by atoms with E-state index < -0.39 is 16.3 Å². The van der Waals surface area contributed by atoms with Gasteiger partial charge in [0.25, 0.3) is 10.2 Å². The third-order valence-corrected chi connectivity index (χ3v) is 5.05. The first-order chi connectivity index (χ1) is 8.51. The lowest BCUT2D eigenvalue weighted by atomic mass is 10.1. The first-order valence-corrected chi connectivity index (χ1v) is 7.84. The van der Waals surface area contributed by atoms with Crippen LogP contribution in [0.15, 0.2) is 0 Å². The SMILES string of the molecule is COCCC(CO)NS(=O)(=O)N1CCCCC1C. The van der Waals surface area contributed by atoms with Gasteiger partial charge < -0.3 is 9.84 Å². The Hall–Kier alpha value is -0.210. The zero-order chi connectivity index (χ0) is 13.6. The third kappa shape index (κ3) is 4.47. The van der Waals surface area contributed by atoms with Gasteiger partial charge in [0, 0.05) is 32.3 Å². The van der Waals surface area contributed by atoms with Crippen LogP contribution in [0.3, 0.4) is 0 Å². The number of ether oxygens (including phenoxy) is 1. The van der Waals surface area contributed by atoms with Crippen LogP contribution in [0.4, 0.5) is 0 Å². The summed E-state index contributed by atoms with van der Waals surface area (Å²) in [6.07, 6.45) is 3.32. The molecule has 2 N–H and O–H groups in total. The Morgan fingerprint density at radius 3 is 2.78 bits per heavy atom. The minimum Gasteiger partial charge on any atom is -0.395 e. The summed E-state index contributed by atoms with van der Waals surface area (Å²) < 4.78 is 33.3. The third-order valence-electron chi connectivity index (χ3n) is 3.26. The second-order valence-electron chi connectivity index (χ2n) is 4.74.